The summed E-state index contributed by atoms with van der Waals surface area (Å²) in [5, 5.41) is 16.4. The molecule has 3 saturated heterocycles. The van der Waals surface area contributed by atoms with E-state index in [9.17, 15) is 0 Å². The van der Waals surface area contributed by atoms with Gasteiger partial charge in [0.1, 0.15) is 0 Å². The standard InChI is InChI=1S/3C5H10N.C5H6N.Al.2ClH/c4*1-2-4-6-5-3-1;;;/h3*1-5H2;1-4H,5H2;;2*1H/q4*-1;+2;;/p-2. The fourth-order valence-electron chi connectivity index (χ4n) is 2.58. The van der Waals surface area contributed by atoms with Crippen LogP contribution < -0.4 is 0 Å². The van der Waals surface area contributed by atoms with Gasteiger partial charge < -0.3 is 21.3 Å². The Morgan fingerprint density at radius 2 is 0.926 bits per heavy atom. The van der Waals surface area contributed by atoms with E-state index in [1.807, 2.05) is 18.2 Å². The summed E-state index contributed by atoms with van der Waals surface area (Å²) in [6.07, 6.45) is 20.0. The maximum Gasteiger partial charge on any atom is 0.495 e. The number of piperidine rings is 3. The Hall–Kier alpha value is 0.272. The Morgan fingerprint density at radius 3 is 1.00 bits per heavy atom. The van der Waals surface area contributed by atoms with Crippen molar-refractivity contribution in [3.05, 3.63) is 45.7 Å². The quantitative estimate of drug-likeness (QED) is 0.369. The maximum atomic E-state index is 4.85. The highest BCUT2D eigenvalue weighted by molar-refractivity contribution is 7.22. The highest BCUT2D eigenvalue weighted by atomic mass is 35.7. The van der Waals surface area contributed by atoms with Gasteiger partial charge in [0.25, 0.3) is 0 Å². The second-order valence-corrected chi connectivity index (χ2v) is 8.56. The van der Waals surface area contributed by atoms with Crippen molar-refractivity contribution in [2.45, 2.75) is 57.8 Å². The molecule has 0 unspecified atom stereocenters. The number of hydrogen-bond acceptors (Lipinski definition) is 0. The first kappa shape index (κ1) is 27.3. The van der Waals surface area contributed by atoms with E-state index in [-0.39, 0.29) is 13.4 Å². The Morgan fingerprint density at radius 1 is 0.556 bits per heavy atom. The van der Waals surface area contributed by atoms with Crippen molar-refractivity contribution in [1.29, 1.82) is 0 Å². The van der Waals surface area contributed by atoms with E-state index < -0.39 is 0 Å². The molecule has 0 aromatic carbocycles. The molecule has 0 aromatic heterocycles. The number of nitrogens with zero attached hydrogens (tertiary/aromatic N) is 4. The van der Waals surface area contributed by atoms with Crippen LogP contribution in [0.25, 0.3) is 21.3 Å². The molecule has 157 valence electrons. The molecular weight excluding hydrogens is 394 g/mol. The van der Waals surface area contributed by atoms with Crippen LogP contribution in [0.1, 0.15) is 57.8 Å². The summed E-state index contributed by atoms with van der Waals surface area (Å²) >= 11 is -0.306. The van der Waals surface area contributed by atoms with Crippen LogP contribution >= 0.6 is 20.1 Å². The summed E-state index contributed by atoms with van der Waals surface area (Å²) in [7, 11) is 9.69. The van der Waals surface area contributed by atoms with Gasteiger partial charge in [-0.3, -0.25) is 0 Å². The van der Waals surface area contributed by atoms with E-state index in [2.05, 4.69) is 21.3 Å². The minimum Gasteiger partial charge on any atom is -0.687 e. The third-order valence-electron chi connectivity index (χ3n) is 4.05. The molecule has 0 bridgehead atoms. The fraction of sp³-hybridized carbons (Fsp3) is 0.800. The molecule has 0 spiro atoms. The van der Waals surface area contributed by atoms with Crippen molar-refractivity contribution in [3.8, 4) is 0 Å². The molecule has 27 heavy (non-hydrogen) atoms. The van der Waals surface area contributed by atoms with Gasteiger partial charge in [0.15, 0.2) is 0 Å². The number of hydrogen-bond donors (Lipinski definition) is 0. The Kier molecular flexibility index (Phi) is 26.5. The Balaban J connectivity index is 0.000000319. The number of rotatable bonds is 0. The summed E-state index contributed by atoms with van der Waals surface area (Å²) in [5.41, 5.74) is 0. The third-order valence-corrected chi connectivity index (χ3v) is 4.05. The van der Waals surface area contributed by atoms with Crippen molar-refractivity contribution in [2.75, 3.05) is 45.8 Å². The largest absolute Gasteiger partial charge is 0.687 e. The highest BCUT2D eigenvalue weighted by Crippen LogP contribution is 2.08. The topological polar surface area (TPSA) is 56.4 Å². The van der Waals surface area contributed by atoms with Gasteiger partial charge in [0, 0.05) is 0 Å². The molecule has 4 aliphatic heterocycles. The van der Waals surface area contributed by atoms with Crippen LogP contribution in [0.2, 0.25) is 0 Å². The van der Waals surface area contributed by atoms with Gasteiger partial charge in [-0.1, -0.05) is 69.9 Å². The molecule has 7 heteroatoms. The van der Waals surface area contributed by atoms with Gasteiger partial charge in [0.05, 0.1) is 0 Å². The minimum absolute atomic E-state index is 0.306. The molecule has 0 aromatic rings. The molecule has 3 fully saturated rings. The van der Waals surface area contributed by atoms with E-state index in [0.29, 0.717) is 0 Å². The predicted octanol–water partition coefficient (Wildman–Crippen LogP) is 7.07. The first-order chi connectivity index (χ1) is 13.4. The van der Waals surface area contributed by atoms with E-state index in [1.165, 1.54) is 57.8 Å². The zero-order valence-electron chi connectivity index (χ0n) is 16.7. The van der Waals surface area contributed by atoms with Gasteiger partial charge in [-0.25, -0.2) is 20.1 Å². The molecule has 0 N–H and O–H groups in total. The minimum atomic E-state index is -0.306. The SMILES string of the molecule is C1=CC[N-]C=C1.C1CC[N-]CC1.C1CC[N-]CC1.C1CC[N-]CC1.[Cl][Al][Cl]. The van der Waals surface area contributed by atoms with Gasteiger partial charge in [-0.2, -0.15) is 6.20 Å². The Labute approximate surface area is 182 Å². The maximum absolute atomic E-state index is 4.85. The smallest absolute Gasteiger partial charge is 0.495 e. The summed E-state index contributed by atoms with van der Waals surface area (Å²) in [4.78, 5) is 0. The number of halogens is 2. The number of allylic oxidation sites excluding steroid dienone is 2. The monoisotopic (exact) mass is 429 g/mol. The van der Waals surface area contributed by atoms with Crippen LogP contribution in [0, 0.1) is 0 Å². The zero-order chi connectivity index (χ0) is 19.7. The third kappa shape index (κ3) is 26.3. The second-order valence-electron chi connectivity index (χ2n) is 6.41. The summed E-state index contributed by atoms with van der Waals surface area (Å²) in [6, 6.07) is 0. The lowest BCUT2D eigenvalue weighted by Crippen LogP contribution is -1.96. The molecule has 4 rings (SSSR count). The summed E-state index contributed by atoms with van der Waals surface area (Å²) in [6.45, 7) is 7.61. The van der Waals surface area contributed by atoms with E-state index >= 15 is 0 Å². The van der Waals surface area contributed by atoms with Crippen LogP contribution in [0.4, 0.5) is 0 Å². The van der Waals surface area contributed by atoms with Crippen molar-refractivity contribution in [1.82, 2.24) is 0 Å². The van der Waals surface area contributed by atoms with Gasteiger partial charge in [0.2, 0.25) is 0 Å². The molecular formula is C20H36AlCl2N4-4. The lowest BCUT2D eigenvalue weighted by molar-refractivity contribution is 0.669. The van der Waals surface area contributed by atoms with Crippen LogP contribution in [0.5, 0.6) is 0 Å². The van der Waals surface area contributed by atoms with E-state index in [0.717, 1.165) is 45.8 Å². The van der Waals surface area contributed by atoms with Crippen molar-refractivity contribution in [2.24, 2.45) is 0 Å². The van der Waals surface area contributed by atoms with Crippen molar-refractivity contribution >= 4 is 33.5 Å². The molecule has 0 atom stereocenters. The van der Waals surface area contributed by atoms with Crippen molar-refractivity contribution in [3.63, 3.8) is 0 Å². The van der Waals surface area contributed by atoms with Gasteiger partial charge in [-0.15, -0.1) is 51.9 Å². The molecule has 4 heterocycles. The molecule has 0 saturated carbocycles. The van der Waals surface area contributed by atoms with Crippen molar-refractivity contribution < 1.29 is 0 Å². The van der Waals surface area contributed by atoms with Gasteiger partial charge >= 0.3 is 13.4 Å². The predicted molar refractivity (Wildman–Crippen MR) is 125 cm³/mol. The van der Waals surface area contributed by atoms with E-state index in [1.54, 1.807) is 6.20 Å². The molecule has 0 aliphatic carbocycles. The first-order valence-corrected chi connectivity index (χ1v) is 13.8. The van der Waals surface area contributed by atoms with Crippen LogP contribution in [-0.2, 0) is 0 Å². The normalized spacial score (nSPS) is 20.4. The van der Waals surface area contributed by atoms with Crippen LogP contribution in [-0.4, -0.2) is 59.2 Å². The lowest BCUT2D eigenvalue weighted by atomic mass is 10.2. The van der Waals surface area contributed by atoms with Crippen LogP contribution in [0.15, 0.2) is 24.4 Å². The Bertz CT molecular complexity index is 244. The average molecular weight is 430 g/mol. The molecule has 1 radical (unpaired) electrons. The second kappa shape index (κ2) is 26.3. The van der Waals surface area contributed by atoms with Gasteiger partial charge in [-0.05, 0) is 0 Å². The highest BCUT2D eigenvalue weighted by Gasteiger charge is 1.85. The average Bonchev–Trinajstić information content (AvgIpc) is 2.80. The first-order valence-electron chi connectivity index (χ1n) is 10.3. The summed E-state index contributed by atoms with van der Waals surface area (Å²) < 4.78 is 0. The van der Waals surface area contributed by atoms with Crippen LogP contribution in [0.3, 0.4) is 0 Å². The zero-order valence-corrected chi connectivity index (χ0v) is 19.4. The molecule has 0 amide bonds. The summed E-state index contributed by atoms with van der Waals surface area (Å²) in [5.74, 6) is 0. The lowest BCUT2D eigenvalue weighted by Gasteiger charge is -2.23. The molecule has 4 aliphatic rings. The molecule has 4 nitrogen and oxygen atoms in total. The fourth-order valence-corrected chi connectivity index (χ4v) is 2.58. The van der Waals surface area contributed by atoms with E-state index in [4.69, 9.17) is 20.1 Å².